The number of hydrogen-bond donors (Lipinski definition) is 3. The van der Waals surface area contributed by atoms with Crippen LogP contribution in [-0.2, 0) is 4.79 Å². The molecule has 1 aliphatic heterocycles. The van der Waals surface area contributed by atoms with Crippen LogP contribution >= 0.6 is 27.7 Å². The maximum absolute atomic E-state index is 11.7. The van der Waals surface area contributed by atoms with Crippen molar-refractivity contribution in [2.24, 2.45) is 0 Å². The third-order valence-electron chi connectivity index (χ3n) is 2.81. The topological polar surface area (TPSA) is 61.4 Å². The lowest BCUT2D eigenvalue weighted by Crippen LogP contribution is -2.23. The molecular formula is C12H15BrN2O2S. The molecule has 4 nitrogen and oxygen atoms in total. The van der Waals surface area contributed by atoms with Gasteiger partial charge in [0.2, 0.25) is 5.91 Å². The van der Waals surface area contributed by atoms with Crippen LogP contribution in [0.2, 0.25) is 0 Å². The number of rotatable bonds is 4. The standard InChI is InChI=1S/C12H15BrN2O2S/c1-6(5-16)18-10-4-9-7(3-8(10)13)11(14-2)12(17)15-9/h3-4,6,11,14,16H,5H2,1-2H3,(H,15,17). The number of thioether (sulfide) groups is 1. The van der Waals surface area contributed by atoms with Gasteiger partial charge in [0.1, 0.15) is 6.04 Å². The molecule has 2 unspecified atom stereocenters. The molecule has 6 heteroatoms. The molecule has 1 aliphatic rings. The van der Waals surface area contributed by atoms with Crippen molar-refractivity contribution in [3.63, 3.8) is 0 Å². The van der Waals surface area contributed by atoms with Gasteiger partial charge in [-0.1, -0.05) is 6.92 Å². The second-order valence-electron chi connectivity index (χ2n) is 4.19. The van der Waals surface area contributed by atoms with Crippen molar-refractivity contribution < 1.29 is 9.90 Å². The Morgan fingerprint density at radius 2 is 2.33 bits per heavy atom. The third-order valence-corrected chi connectivity index (χ3v) is 4.87. The smallest absolute Gasteiger partial charge is 0.246 e. The summed E-state index contributed by atoms with van der Waals surface area (Å²) in [6.07, 6.45) is 0. The second-order valence-corrected chi connectivity index (χ2v) is 6.53. The summed E-state index contributed by atoms with van der Waals surface area (Å²) in [7, 11) is 1.77. The van der Waals surface area contributed by atoms with Crippen LogP contribution in [0.15, 0.2) is 21.5 Å². The Kier molecular flexibility index (Phi) is 4.32. The first kappa shape index (κ1) is 13.9. The Morgan fingerprint density at radius 1 is 1.61 bits per heavy atom. The molecule has 1 aromatic rings. The average Bonchev–Trinajstić information content (AvgIpc) is 2.64. The van der Waals surface area contributed by atoms with Gasteiger partial charge >= 0.3 is 0 Å². The Labute approximate surface area is 119 Å². The van der Waals surface area contributed by atoms with Crippen molar-refractivity contribution >= 4 is 39.3 Å². The van der Waals surface area contributed by atoms with E-state index in [1.807, 2.05) is 19.1 Å². The van der Waals surface area contributed by atoms with Crippen LogP contribution in [-0.4, -0.2) is 29.9 Å². The van der Waals surface area contributed by atoms with Gasteiger partial charge in [0.25, 0.3) is 0 Å². The third kappa shape index (κ3) is 2.56. The molecule has 1 aromatic carbocycles. The van der Waals surface area contributed by atoms with E-state index in [1.165, 1.54) is 0 Å². The van der Waals surface area contributed by atoms with Gasteiger partial charge < -0.3 is 15.7 Å². The molecule has 0 aromatic heterocycles. The number of fused-ring (bicyclic) bond motifs is 1. The molecule has 0 saturated heterocycles. The zero-order valence-electron chi connectivity index (χ0n) is 10.2. The molecule has 0 saturated carbocycles. The second kappa shape index (κ2) is 5.61. The molecule has 0 fully saturated rings. The van der Waals surface area contributed by atoms with E-state index in [4.69, 9.17) is 5.11 Å². The number of carbonyl (C=O) groups excluding carboxylic acids is 1. The summed E-state index contributed by atoms with van der Waals surface area (Å²) in [5.41, 5.74) is 1.80. The number of anilines is 1. The minimum atomic E-state index is -0.286. The first-order chi connectivity index (χ1) is 8.56. The Balaban J connectivity index is 2.33. The summed E-state index contributed by atoms with van der Waals surface area (Å²) in [4.78, 5) is 12.7. The summed E-state index contributed by atoms with van der Waals surface area (Å²) in [5, 5.41) is 15.1. The van der Waals surface area contributed by atoms with Gasteiger partial charge in [-0.15, -0.1) is 11.8 Å². The molecule has 1 amide bonds. The first-order valence-corrected chi connectivity index (χ1v) is 7.33. The predicted molar refractivity (Wildman–Crippen MR) is 77.0 cm³/mol. The number of hydrogen-bond acceptors (Lipinski definition) is 4. The molecule has 0 radical (unpaired) electrons. The fraction of sp³-hybridized carbons (Fsp3) is 0.417. The van der Waals surface area contributed by atoms with Crippen molar-refractivity contribution in [2.45, 2.75) is 23.1 Å². The van der Waals surface area contributed by atoms with Crippen LogP contribution in [0.1, 0.15) is 18.5 Å². The van der Waals surface area contributed by atoms with Gasteiger partial charge in [-0.05, 0) is 35.1 Å². The highest BCUT2D eigenvalue weighted by Gasteiger charge is 2.30. The number of amides is 1. The van der Waals surface area contributed by atoms with E-state index >= 15 is 0 Å². The quantitative estimate of drug-likeness (QED) is 0.740. The number of halogens is 1. The van der Waals surface area contributed by atoms with Gasteiger partial charge in [-0.2, -0.15) is 0 Å². The van der Waals surface area contributed by atoms with E-state index in [0.29, 0.717) is 0 Å². The largest absolute Gasteiger partial charge is 0.395 e. The molecular weight excluding hydrogens is 316 g/mol. The minimum absolute atomic E-state index is 0.0308. The van der Waals surface area contributed by atoms with E-state index in [1.54, 1.807) is 18.8 Å². The lowest BCUT2D eigenvalue weighted by Gasteiger charge is -2.12. The fourth-order valence-electron chi connectivity index (χ4n) is 1.89. The molecule has 0 bridgehead atoms. The monoisotopic (exact) mass is 330 g/mol. The van der Waals surface area contributed by atoms with Gasteiger partial charge in [0, 0.05) is 25.9 Å². The molecule has 18 heavy (non-hydrogen) atoms. The van der Waals surface area contributed by atoms with Gasteiger partial charge in [-0.25, -0.2) is 0 Å². The summed E-state index contributed by atoms with van der Waals surface area (Å²) in [6.45, 7) is 2.08. The van der Waals surface area contributed by atoms with Crippen LogP contribution in [0, 0.1) is 0 Å². The molecule has 98 valence electrons. The van der Waals surface area contributed by atoms with Crippen LogP contribution in [0.4, 0.5) is 5.69 Å². The summed E-state index contributed by atoms with van der Waals surface area (Å²) in [6, 6.07) is 3.62. The summed E-state index contributed by atoms with van der Waals surface area (Å²) >= 11 is 5.09. The van der Waals surface area contributed by atoms with Crippen LogP contribution in [0.3, 0.4) is 0 Å². The van der Waals surface area contributed by atoms with Gasteiger partial charge in [0.15, 0.2) is 0 Å². The maximum atomic E-state index is 11.7. The highest BCUT2D eigenvalue weighted by Crippen LogP contribution is 2.39. The highest BCUT2D eigenvalue weighted by atomic mass is 79.9. The van der Waals surface area contributed by atoms with Crippen molar-refractivity contribution in [1.82, 2.24) is 5.32 Å². The first-order valence-electron chi connectivity index (χ1n) is 5.66. The maximum Gasteiger partial charge on any atom is 0.246 e. The Hall–Kier alpha value is -0.560. The molecule has 2 atom stereocenters. The average molecular weight is 331 g/mol. The number of carbonyl (C=O) groups is 1. The van der Waals surface area contributed by atoms with Crippen molar-refractivity contribution in [1.29, 1.82) is 0 Å². The zero-order valence-corrected chi connectivity index (χ0v) is 12.6. The molecule has 3 N–H and O–H groups in total. The van der Waals surface area contributed by atoms with Crippen molar-refractivity contribution in [2.75, 3.05) is 19.0 Å². The lowest BCUT2D eigenvalue weighted by atomic mass is 10.1. The highest BCUT2D eigenvalue weighted by molar-refractivity contribution is 9.10. The van der Waals surface area contributed by atoms with Crippen LogP contribution in [0.25, 0.3) is 0 Å². The Morgan fingerprint density at radius 3 is 2.94 bits per heavy atom. The van der Waals surface area contributed by atoms with E-state index in [2.05, 4.69) is 26.6 Å². The normalized spacial score (nSPS) is 19.6. The van der Waals surface area contributed by atoms with Gasteiger partial charge in [-0.3, -0.25) is 4.79 Å². The zero-order chi connectivity index (χ0) is 13.3. The van der Waals surface area contributed by atoms with E-state index < -0.39 is 0 Å². The molecule has 2 rings (SSSR count). The van der Waals surface area contributed by atoms with Crippen molar-refractivity contribution in [3.8, 4) is 0 Å². The summed E-state index contributed by atoms with van der Waals surface area (Å²) < 4.78 is 0.948. The fourth-order valence-corrected chi connectivity index (χ4v) is 3.40. The van der Waals surface area contributed by atoms with E-state index in [-0.39, 0.29) is 23.8 Å². The Bertz CT molecular complexity index is 481. The SMILES string of the molecule is CNC1C(=O)Nc2cc(SC(C)CO)c(Br)cc21. The van der Waals surface area contributed by atoms with E-state index in [9.17, 15) is 4.79 Å². The number of aliphatic hydroxyl groups excluding tert-OH is 1. The van der Waals surface area contributed by atoms with Gasteiger partial charge in [0.05, 0.1) is 6.61 Å². The van der Waals surface area contributed by atoms with Crippen LogP contribution in [0.5, 0.6) is 0 Å². The molecule has 0 spiro atoms. The van der Waals surface area contributed by atoms with E-state index in [0.717, 1.165) is 20.6 Å². The number of aliphatic hydroxyl groups is 1. The summed E-state index contributed by atoms with van der Waals surface area (Å²) in [5.74, 6) is -0.0308. The van der Waals surface area contributed by atoms with Crippen molar-refractivity contribution in [3.05, 3.63) is 22.2 Å². The lowest BCUT2D eigenvalue weighted by molar-refractivity contribution is -0.117. The number of likely N-dealkylation sites (N-methyl/N-ethyl adjacent to an activating group) is 1. The number of benzene rings is 1. The van der Waals surface area contributed by atoms with Crippen LogP contribution < -0.4 is 10.6 Å². The number of nitrogens with one attached hydrogen (secondary N) is 2. The molecule has 1 heterocycles. The minimum Gasteiger partial charge on any atom is -0.395 e. The predicted octanol–water partition coefficient (Wildman–Crippen LogP) is 2.13. The molecule has 0 aliphatic carbocycles.